The second-order valence-corrected chi connectivity index (χ2v) is 7.11. The monoisotopic (exact) mass is 370 g/mol. The van der Waals surface area contributed by atoms with Crippen molar-refractivity contribution >= 4 is 11.5 Å². The van der Waals surface area contributed by atoms with Crippen LogP contribution in [-0.4, -0.2) is 38.6 Å². The summed E-state index contributed by atoms with van der Waals surface area (Å²) in [4.78, 5) is 15.0. The Morgan fingerprint density at radius 3 is 2.85 bits per heavy atom. The van der Waals surface area contributed by atoms with Crippen LogP contribution in [0.15, 0.2) is 36.4 Å². The van der Waals surface area contributed by atoms with E-state index in [1.54, 1.807) is 12.1 Å². The number of hydrogen-bond acceptors (Lipinski definition) is 5. The maximum atomic E-state index is 14.0. The molecule has 0 saturated carbocycles. The Bertz CT molecular complexity index is 871. The predicted molar refractivity (Wildman–Crippen MR) is 101 cm³/mol. The number of ketones is 1. The van der Waals surface area contributed by atoms with Crippen molar-refractivity contribution in [1.29, 1.82) is 0 Å². The third-order valence-corrected chi connectivity index (χ3v) is 5.19. The molecule has 142 valence electrons. The molecule has 1 fully saturated rings. The molecule has 0 aliphatic carbocycles. The van der Waals surface area contributed by atoms with E-state index in [1.165, 1.54) is 13.2 Å². The number of nitrogens with one attached hydrogen (secondary N) is 1. The van der Waals surface area contributed by atoms with Gasteiger partial charge in [0, 0.05) is 31.4 Å². The molecule has 2 aromatic carbocycles. The highest BCUT2D eigenvalue weighted by Crippen LogP contribution is 2.37. The predicted octanol–water partition coefficient (Wildman–Crippen LogP) is 3.34. The lowest BCUT2D eigenvalue weighted by molar-refractivity contribution is 0.0849. The smallest absolute Gasteiger partial charge is 0.170 e. The number of rotatable bonds is 3. The van der Waals surface area contributed by atoms with Gasteiger partial charge in [-0.2, -0.15) is 0 Å². The number of piperazine rings is 1. The van der Waals surface area contributed by atoms with Crippen molar-refractivity contribution in [2.24, 2.45) is 0 Å². The maximum absolute atomic E-state index is 14.0. The van der Waals surface area contributed by atoms with Crippen LogP contribution in [0.4, 0.5) is 10.1 Å². The van der Waals surface area contributed by atoms with Crippen LogP contribution in [0, 0.1) is 5.82 Å². The van der Waals surface area contributed by atoms with Crippen LogP contribution < -0.4 is 19.7 Å². The van der Waals surface area contributed by atoms with E-state index in [0.29, 0.717) is 22.9 Å². The first-order valence-electron chi connectivity index (χ1n) is 9.21. The summed E-state index contributed by atoms with van der Waals surface area (Å²) in [5.41, 5.74) is 2.27. The highest BCUT2D eigenvalue weighted by molar-refractivity contribution is 6.01. The number of halogens is 1. The average Bonchev–Trinajstić information content (AvgIpc) is 2.67. The van der Waals surface area contributed by atoms with E-state index >= 15 is 0 Å². The van der Waals surface area contributed by atoms with Crippen molar-refractivity contribution in [3.05, 3.63) is 53.3 Å². The second kappa shape index (κ2) is 7.19. The van der Waals surface area contributed by atoms with Crippen LogP contribution in [0.5, 0.6) is 11.5 Å². The SMILES string of the molecule is COc1ccc(C2CC(=O)c3cc(N4CCN[C@@H](C)C4)ccc3O2)cc1F. The summed E-state index contributed by atoms with van der Waals surface area (Å²) in [5.74, 6) is 0.290. The lowest BCUT2D eigenvalue weighted by atomic mass is 9.95. The van der Waals surface area contributed by atoms with E-state index in [-0.39, 0.29) is 18.0 Å². The van der Waals surface area contributed by atoms with Crippen LogP contribution in [0.25, 0.3) is 0 Å². The van der Waals surface area contributed by atoms with Gasteiger partial charge in [0.05, 0.1) is 19.1 Å². The maximum Gasteiger partial charge on any atom is 0.170 e. The first-order chi connectivity index (χ1) is 13.0. The number of carbonyl (C=O) groups excluding carboxylic acids is 1. The van der Waals surface area contributed by atoms with E-state index in [4.69, 9.17) is 9.47 Å². The Labute approximate surface area is 158 Å². The molecule has 2 atom stereocenters. The molecule has 1 saturated heterocycles. The number of fused-ring (bicyclic) bond motifs is 1. The molecule has 2 aliphatic rings. The Balaban J connectivity index is 1.58. The Morgan fingerprint density at radius 1 is 1.26 bits per heavy atom. The lowest BCUT2D eigenvalue weighted by Crippen LogP contribution is -2.49. The van der Waals surface area contributed by atoms with E-state index < -0.39 is 11.9 Å². The van der Waals surface area contributed by atoms with Gasteiger partial charge in [-0.3, -0.25) is 4.79 Å². The van der Waals surface area contributed by atoms with Gasteiger partial charge in [-0.05, 0) is 42.8 Å². The van der Waals surface area contributed by atoms with Gasteiger partial charge < -0.3 is 19.7 Å². The number of hydrogen-bond donors (Lipinski definition) is 1. The number of methoxy groups -OCH3 is 1. The molecule has 0 amide bonds. The zero-order valence-corrected chi connectivity index (χ0v) is 15.5. The van der Waals surface area contributed by atoms with Crippen molar-refractivity contribution in [3.8, 4) is 11.5 Å². The van der Waals surface area contributed by atoms with Crippen molar-refractivity contribution in [1.82, 2.24) is 5.32 Å². The minimum absolute atomic E-state index is 0.0162. The molecule has 27 heavy (non-hydrogen) atoms. The van der Waals surface area contributed by atoms with E-state index in [0.717, 1.165) is 25.3 Å². The number of ether oxygens (including phenoxy) is 2. The van der Waals surface area contributed by atoms with Crippen LogP contribution >= 0.6 is 0 Å². The molecule has 1 N–H and O–H groups in total. The normalized spacial score (nSPS) is 22.2. The number of nitrogens with zero attached hydrogens (tertiary/aromatic N) is 1. The van der Waals surface area contributed by atoms with Crippen molar-refractivity contribution in [3.63, 3.8) is 0 Å². The Hall–Kier alpha value is -2.60. The molecule has 0 bridgehead atoms. The van der Waals surface area contributed by atoms with E-state index in [9.17, 15) is 9.18 Å². The fourth-order valence-corrected chi connectivity index (χ4v) is 3.74. The largest absolute Gasteiger partial charge is 0.494 e. The number of carbonyl (C=O) groups is 1. The zero-order chi connectivity index (χ0) is 19.0. The van der Waals surface area contributed by atoms with Gasteiger partial charge in [0.25, 0.3) is 0 Å². The third-order valence-electron chi connectivity index (χ3n) is 5.19. The van der Waals surface area contributed by atoms with Crippen molar-refractivity contribution < 1.29 is 18.7 Å². The van der Waals surface area contributed by atoms with Gasteiger partial charge in [-0.25, -0.2) is 4.39 Å². The summed E-state index contributed by atoms with van der Waals surface area (Å²) in [6, 6.07) is 10.8. The van der Waals surface area contributed by atoms with Gasteiger partial charge in [0.2, 0.25) is 0 Å². The number of anilines is 1. The molecule has 4 rings (SSSR count). The van der Waals surface area contributed by atoms with Gasteiger partial charge in [0.15, 0.2) is 17.3 Å². The Morgan fingerprint density at radius 2 is 2.11 bits per heavy atom. The molecule has 2 aliphatic heterocycles. The van der Waals surface area contributed by atoms with Crippen molar-refractivity contribution in [2.45, 2.75) is 25.5 Å². The van der Waals surface area contributed by atoms with Gasteiger partial charge in [0.1, 0.15) is 11.9 Å². The summed E-state index contributed by atoms with van der Waals surface area (Å²) < 4.78 is 25.0. The first-order valence-corrected chi connectivity index (χ1v) is 9.21. The fraction of sp³-hybridized carbons (Fsp3) is 0.381. The van der Waals surface area contributed by atoms with Crippen LogP contribution in [-0.2, 0) is 0 Å². The molecule has 0 spiro atoms. The van der Waals surface area contributed by atoms with Gasteiger partial charge in [-0.15, -0.1) is 0 Å². The highest BCUT2D eigenvalue weighted by atomic mass is 19.1. The number of benzene rings is 2. The minimum atomic E-state index is -0.490. The van der Waals surface area contributed by atoms with Crippen molar-refractivity contribution in [2.75, 3.05) is 31.6 Å². The summed E-state index contributed by atoms with van der Waals surface area (Å²) in [5, 5.41) is 3.42. The van der Waals surface area contributed by atoms with E-state index in [1.807, 2.05) is 18.2 Å². The van der Waals surface area contributed by atoms with E-state index in [2.05, 4.69) is 17.1 Å². The molecule has 0 aromatic heterocycles. The van der Waals surface area contributed by atoms with Gasteiger partial charge >= 0.3 is 0 Å². The van der Waals surface area contributed by atoms with Gasteiger partial charge in [-0.1, -0.05) is 6.07 Å². The molecule has 0 radical (unpaired) electrons. The minimum Gasteiger partial charge on any atom is -0.494 e. The first kappa shape index (κ1) is 17.8. The molecule has 6 heteroatoms. The molecule has 1 unspecified atom stereocenters. The topological polar surface area (TPSA) is 50.8 Å². The molecular formula is C21H23FN2O3. The third kappa shape index (κ3) is 3.49. The second-order valence-electron chi connectivity index (χ2n) is 7.11. The molecule has 5 nitrogen and oxygen atoms in total. The number of Topliss-reactive ketones (excluding diaryl/α,β-unsaturated/α-hetero) is 1. The summed E-state index contributed by atoms with van der Waals surface area (Å²) >= 11 is 0. The quantitative estimate of drug-likeness (QED) is 0.898. The zero-order valence-electron chi connectivity index (χ0n) is 15.5. The molecular weight excluding hydrogens is 347 g/mol. The highest BCUT2D eigenvalue weighted by Gasteiger charge is 2.29. The van der Waals surface area contributed by atoms with Crippen LogP contribution in [0.2, 0.25) is 0 Å². The summed E-state index contributed by atoms with van der Waals surface area (Å²) in [6.07, 6.45) is -0.296. The fourth-order valence-electron chi connectivity index (χ4n) is 3.74. The Kier molecular flexibility index (Phi) is 4.74. The summed E-state index contributed by atoms with van der Waals surface area (Å²) in [7, 11) is 1.42. The van der Waals surface area contributed by atoms with Crippen LogP contribution in [0.3, 0.4) is 0 Å². The standard InChI is InChI=1S/C21H23FN2O3/c1-13-12-24(8-7-23-13)15-4-6-19-16(10-15)18(25)11-21(27-19)14-3-5-20(26-2)17(22)9-14/h3-6,9-10,13,21,23H,7-8,11-12H2,1-2H3/t13-,21?/m0/s1. The lowest BCUT2D eigenvalue weighted by Gasteiger charge is -2.34. The molecule has 2 aromatic rings. The average molecular weight is 370 g/mol. The summed E-state index contributed by atoms with van der Waals surface area (Å²) in [6.45, 7) is 4.89. The van der Waals surface area contributed by atoms with Crippen LogP contribution in [0.1, 0.15) is 35.4 Å². The molecule has 2 heterocycles.